The normalized spacial score (nSPS) is 15.5. The Morgan fingerprint density at radius 1 is 1.38 bits per heavy atom. The highest BCUT2D eigenvalue weighted by Gasteiger charge is 2.43. The van der Waals surface area contributed by atoms with Gasteiger partial charge in [0.1, 0.15) is 5.82 Å². The monoisotopic (exact) mass is 420 g/mol. The number of hydrogen-bond donors (Lipinski definition) is 0. The van der Waals surface area contributed by atoms with Crippen molar-refractivity contribution in [1.29, 1.82) is 0 Å². The second-order valence-electron chi connectivity index (χ2n) is 3.12. The van der Waals surface area contributed by atoms with Gasteiger partial charge in [-0.2, -0.15) is 0 Å². The van der Waals surface area contributed by atoms with E-state index in [4.69, 9.17) is 0 Å². The maximum Gasteiger partial charge on any atom is 0.238 e. The molecule has 3 nitrogen and oxygen atoms in total. The fourth-order valence-electron chi connectivity index (χ4n) is 0.938. The highest BCUT2D eigenvalue weighted by molar-refractivity contribution is 14.1. The summed E-state index contributed by atoms with van der Waals surface area (Å²) >= 11 is 4.38. The minimum atomic E-state index is -3.60. The minimum absolute atomic E-state index is 0.137. The first kappa shape index (κ1) is 14.0. The highest BCUT2D eigenvalue weighted by atomic mass is 127. The zero-order chi connectivity index (χ0) is 12.6. The molecule has 1 rings (SSSR count). The first-order valence-corrected chi connectivity index (χ1v) is 7.80. The first-order valence-electron chi connectivity index (χ1n) is 4.04. The summed E-state index contributed by atoms with van der Waals surface area (Å²) < 4.78 is 33.7. The van der Waals surface area contributed by atoms with E-state index in [2.05, 4.69) is 15.9 Å². The predicted molar refractivity (Wildman–Crippen MR) is 71.3 cm³/mol. The van der Waals surface area contributed by atoms with Crippen molar-refractivity contribution in [3.8, 4) is 0 Å². The number of benzene rings is 1. The van der Waals surface area contributed by atoms with Crippen molar-refractivity contribution >= 4 is 54.1 Å². The van der Waals surface area contributed by atoms with Gasteiger partial charge in [-0.15, -0.1) is 0 Å². The SMILES string of the molecule is CS(=O)(=O)[C@@](Br)(I)C(=O)c1ccc(F)cc1. The third-order valence-electron chi connectivity index (χ3n) is 1.84. The summed E-state index contributed by atoms with van der Waals surface area (Å²) in [6.07, 6.45) is 0.954. The van der Waals surface area contributed by atoms with Gasteiger partial charge in [0.2, 0.25) is 7.45 Å². The summed E-state index contributed by atoms with van der Waals surface area (Å²) in [4.78, 5) is 11.9. The number of rotatable bonds is 3. The molecular weight excluding hydrogens is 414 g/mol. The third-order valence-corrected chi connectivity index (χ3v) is 7.97. The number of carbonyl (C=O) groups excluding carboxylic acids is 1. The molecule has 0 aromatic heterocycles. The van der Waals surface area contributed by atoms with Crippen LogP contribution in [0, 0.1) is 5.82 Å². The van der Waals surface area contributed by atoms with Gasteiger partial charge in [-0.25, -0.2) is 12.8 Å². The Kier molecular flexibility index (Phi) is 4.12. The van der Waals surface area contributed by atoms with Gasteiger partial charge in [-0.3, -0.25) is 4.79 Å². The molecule has 0 bridgehead atoms. The third kappa shape index (κ3) is 2.80. The van der Waals surface area contributed by atoms with Gasteiger partial charge in [0.25, 0.3) is 0 Å². The Hall–Kier alpha value is -0.0200. The Morgan fingerprint density at radius 2 is 1.81 bits per heavy atom. The van der Waals surface area contributed by atoms with Gasteiger partial charge in [0.05, 0.1) is 0 Å². The average molecular weight is 421 g/mol. The summed E-state index contributed by atoms with van der Waals surface area (Å²) in [6, 6.07) is 4.71. The molecule has 1 aromatic carbocycles. The van der Waals surface area contributed by atoms with Crippen LogP contribution in [0.4, 0.5) is 4.39 Å². The topological polar surface area (TPSA) is 51.2 Å². The van der Waals surface area contributed by atoms with Crippen LogP contribution in [0.15, 0.2) is 24.3 Å². The van der Waals surface area contributed by atoms with Gasteiger partial charge in [-0.1, -0.05) is 0 Å². The fraction of sp³-hybridized carbons (Fsp3) is 0.222. The molecule has 0 saturated carbocycles. The van der Waals surface area contributed by atoms with Crippen molar-refractivity contribution in [2.24, 2.45) is 0 Å². The van der Waals surface area contributed by atoms with Crippen molar-refractivity contribution < 1.29 is 17.6 Å². The maximum atomic E-state index is 12.6. The molecule has 0 aliphatic rings. The van der Waals surface area contributed by atoms with Gasteiger partial charge >= 0.3 is 0 Å². The molecule has 0 unspecified atom stereocenters. The van der Waals surface area contributed by atoms with E-state index in [-0.39, 0.29) is 5.56 Å². The highest BCUT2D eigenvalue weighted by Crippen LogP contribution is 2.36. The first-order chi connectivity index (χ1) is 7.16. The molecule has 7 heteroatoms. The number of ketones is 1. The minimum Gasteiger partial charge on any atom is -0.290 e. The lowest BCUT2D eigenvalue weighted by Crippen LogP contribution is -2.33. The maximum absolute atomic E-state index is 12.6. The van der Waals surface area contributed by atoms with Crippen molar-refractivity contribution in [2.75, 3.05) is 6.26 Å². The van der Waals surface area contributed by atoms with Gasteiger partial charge in [0, 0.05) is 11.8 Å². The molecule has 0 N–H and O–H groups in total. The van der Waals surface area contributed by atoms with Crippen LogP contribution in [-0.2, 0) is 9.84 Å². The summed E-state index contributed by atoms with van der Waals surface area (Å²) in [5.74, 6) is -1.11. The van der Waals surface area contributed by atoms with Crippen LogP contribution < -0.4 is 0 Å². The second kappa shape index (κ2) is 4.69. The summed E-state index contributed by atoms with van der Waals surface area (Å²) in [6.45, 7) is 0. The molecule has 0 aliphatic heterocycles. The van der Waals surface area contributed by atoms with Crippen LogP contribution in [0.2, 0.25) is 0 Å². The van der Waals surface area contributed by atoms with Gasteiger partial charge < -0.3 is 0 Å². The largest absolute Gasteiger partial charge is 0.290 e. The summed E-state index contributed by atoms with van der Waals surface area (Å²) in [5.41, 5.74) is 0.137. The van der Waals surface area contributed by atoms with Gasteiger partial charge in [0.15, 0.2) is 9.84 Å². The van der Waals surface area contributed by atoms with Crippen molar-refractivity contribution in [1.82, 2.24) is 0 Å². The van der Waals surface area contributed by atoms with E-state index >= 15 is 0 Å². The van der Waals surface area contributed by atoms with Crippen molar-refractivity contribution in [3.63, 3.8) is 0 Å². The lowest BCUT2D eigenvalue weighted by atomic mass is 10.1. The zero-order valence-corrected chi connectivity index (χ0v) is 12.6. The molecule has 0 aliphatic carbocycles. The molecule has 0 spiro atoms. The lowest BCUT2D eigenvalue weighted by Gasteiger charge is -2.16. The zero-order valence-electron chi connectivity index (χ0n) is 8.08. The number of sulfone groups is 1. The van der Waals surface area contributed by atoms with E-state index in [9.17, 15) is 17.6 Å². The smallest absolute Gasteiger partial charge is 0.238 e. The Labute approximate surface area is 115 Å². The van der Waals surface area contributed by atoms with E-state index < -0.39 is 23.1 Å². The van der Waals surface area contributed by atoms with Crippen LogP contribution in [0.1, 0.15) is 10.4 Å². The fourth-order valence-corrected chi connectivity index (χ4v) is 1.93. The molecular formula is C9H7BrFIO3S. The van der Waals surface area contributed by atoms with Crippen LogP contribution in [0.5, 0.6) is 0 Å². The number of carbonyl (C=O) groups is 1. The standard InChI is InChI=1S/C9H7BrFIO3S/c1-16(14,15)9(10,12)8(13)6-2-4-7(11)5-3-6/h2-5H,1H3/t9-/m0/s1. The number of hydrogen-bond acceptors (Lipinski definition) is 3. The molecule has 0 radical (unpaired) electrons. The number of Topliss-reactive ketones (excluding diaryl/α,β-unsaturated/α-hetero) is 1. The molecule has 0 saturated heterocycles. The van der Waals surface area contributed by atoms with Crippen LogP contribution in [0.3, 0.4) is 0 Å². The molecule has 1 atom stereocenters. The predicted octanol–water partition coefficient (Wildman–Crippen LogP) is 2.54. The quantitative estimate of drug-likeness (QED) is 0.429. The molecule has 16 heavy (non-hydrogen) atoms. The second-order valence-corrected chi connectivity index (χ2v) is 10.8. The van der Waals surface area contributed by atoms with Gasteiger partial charge in [-0.05, 0) is 62.8 Å². The number of halogens is 3. The molecule has 0 amide bonds. The summed E-state index contributed by atoms with van der Waals surface area (Å²) in [7, 11) is -3.60. The van der Waals surface area contributed by atoms with E-state index in [0.717, 1.165) is 18.4 Å². The Balaban J connectivity index is 3.18. The Bertz CT molecular complexity index is 510. The van der Waals surface area contributed by atoms with Crippen molar-refractivity contribution in [3.05, 3.63) is 35.6 Å². The Morgan fingerprint density at radius 3 is 2.19 bits per heavy atom. The summed E-state index contributed by atoms with van der Waals surface area (Å²) in [5, 5.41) is 0. The molecule has 88 valence electrons. The van der Waals surface area contributed by atoms with Crippen LogP contribution in [0.25, 0.3) is 0 Å². The van der Waals surface area contributed by atoms with E-state index in [1.807, 2.05) is 0 Å². The van der Waals surface area contributed by atoms with E-state index in [0.29, 0.717) is 0 Å². The average Bonchev–Trinajstić information content (AvgIpc) is 2.16. The molecule has 0 heterocycles. The van der Waals surface area contributed by atoms with Crippen LogP contribution in [-0.4, -0.2) is 22.1 Å². The van der Waals surface area contributed by atoms with Crippen molar-refractivity contribution in [2.45, 2.75) is 1.66 Å². The van der Waals surface area contributed by atoms with E-state index in [1.165, 1.54) is 34.7 Å². The molecule has 1 aromatic rings. The van der Waals surface area contributed by atoms with Crippen LogP contribution >= 0.6 is 38.5 Å². The van der Waals surface area contributed by atoms with E-state index in [1.54, 1.807) is 0 Å². The lowest BCUT2D eigenvalue weighted by molar-refractivity contribution is 0.101. The molecule has 0 fully saturated rings. The number of alkyl halides is 2.